The molecule has 130 valence electrons. The van der Waals surface area contributed by atoms with Gasteiger partial charge >= 0.3 is 0 Å². The zero-order valence-corrected chi connectivity index (χ0v) is 15.0. The van der Waals surface area contributed by atoms with Crippen molar-refractivity contribution in [1.82, 2.24) is 19.7 Å². The van der Waals surface area contributed by atoms with Gasteiger partial charge in [0.25, 0.3) is 0 Å². The van der Waals surface area contributed by atoms with E-state index in [1.165, 1.54) is 12.8 Å². The van der Waals surface area contributed by atoms with Gasteiger partial charge in [0.15, 0.2) is 5.65 Å². The minimum Gasteiger partial charge on any atom is -0.383 e. The molecule has 2 aromatic heterocycles. The van der Waals surface area contributed by atoms with E-state index in [4.69, 9.17) is 20.8 Å². The lowest BCUT2D eigenvalue weighted by molar-refractivity contribution is 0.364. The first-order valence-corrected chi connectivity index (χ1v) is 8.82. The molecule has 0 spiro atoms. The number of benzene rings is 1. The Balaban J connectivity index is 2.00. The first-order chi connectivity index (χ1) is 11.9. The monoisotopic (exact) mass is 336 g/mol. The summed E-state index contributed by atoms with van der Waals surface area (Å²) < 4.78 is 1.85. The Morgan fingerprint density at radius 1 is 1.00 bits per heavy atom. The van der Waals surface area contributed by atoms with Crippen LogP contribution in [0.1, 0.15) is 33.6 Å². The molecule has 0 atom stereocenters. The molecule has 0 saturated carbocycles. The van der Waals surface area contributed by atoms with Gasteiger partial charge in [-0.3, -0.25) is 0 Å². The van der Waals surface area contributed by atoms with E-state index < -0.39 is 0 Å². The highest BCUT2D eigenvalue weighted by Crippen LogP contribution is 2.34. The summed E-state index contributed by atoms with van der Waals surface area (Å²) in [6.45, 7) is 8.26. The quantitative estimate of drug-likeness (QED) is 0.776. The first-order valence-electron chi connectivity index (χ1n) is 8.82. The molecule has 0 unspecified atom stereocenters. The SMILES string of the molecule is CC(C)(C)n1nc2nc(N3CCCC3)nc(-c3ccccc3)c2c1N. The standard InChI is InChI=1S/C19H24N6/c1-19(2,3)25-16(20)14-15(13-9-5-4-6-10-13)21-18(22-17(14)23-25)24-11-7-8-12-24/h4-6,9-10H,7-8,11-12,20H2,1-3H3. The van der Waals surface area contributed by atoms with Crippen molar-refractivity contribution < 1.29 is 0 Å². The van der Waals surface area contributed by atoms with Crippen molar-refractivity contribution in [2.45, 2.75) is 39.2 Å². The maximum Gasteiger partial charge on any atom is 0.228 e. The molecule has 1 aromatic carbocycles. The van der Waals surface area contributed by atoms with Gasteiger partial charge < -0.3 is 10.6 Å². The van der Waals surface area contributed by atoms with Crippen LogP contribution in [-0.2, 0) is 5.54 Å². The van der Waals surface area contributed by atoms with Gasteiger partial charge in [-0.1, -0.05) is 30.3 Å². The maximum atomic E-state index is 6.47. The third kappa shape index (κ3) is 2.71. The van der Waals surface area contributed by atoms with Crippen LogP contribution in [0, 0.1) is 0 Å². The third-order valence-corrected chi connectivity index (χ3v) is 4.63. The summed E-state index contributed by atoms with van der Waals surface area (Å²) in [5.74, 6) is 1.37. The fourth-order valence-corrected chi connectivity index (χ4v) is 3.37. The molecular weight excluding hydrogens is 312 g/mol. The van der Waals surface area contributed by atoms with E-state index in [0.29, 0.717) is 11.5 Å². The van der Waals surface area contributed by atoms with Gasteiger partial charge in [0.1, 0.15) is 5.82 Å². The number of nitrogen functional groups attached to an aromatic ring is 1. The van der Waals surface area contributed by atoms with Crippen molar-refractivity contribution in [2.75, 3.05) is 23.7 Å². The average molecular weight is 336 g/mol. The lowest BCUT2D eigenvalue weighted by atomic mass is 10.1. The van der Waals surface area contributed by atoms with Crippen LogP contribution < -0.4 is 10.6 Å². The van der Waals surface area contributed by atoms with Crippen molar-refractivity contribution in [1.29, 1.82) is 0 Å². The van der Waals surface area contributed by atoms with E-state index in [9.17, 15) is 0 Å². The van der Waals surface area contributed by atoms with Crippen LogP contribution in [0.4, 0.5) is 11.8 Å². The smallest absolute Gasteiger partial charge is 0.228 e. The lowest BCUT2D eigenvalue weighted by Gasteiger charge is -2.20. The Morgan fingerprint density at radius 3 is 2.32 bits per heavy atom. The number of hydrogen-bond donors (Lipinski definition) is 1. The highest BCUT2D eigenvalue weighted by molar-refractivity contribution is 5.99. The van der Waals surface area contributed by atoms with Gasteiger partial charge in [0.2, 0.25) is 5.95 Å². The number of hydrogen-bond acceptors (Lipinski definition) is 5. The summed E-state index contributed by atoms with van der Waals surface area (Å²) >= 11 is 0. The van der Waals surface area contributed by atoms with Gasteiger partial charge in [0.05, 0.1) is 16.6 Å². The van der Waals surface area contributed by atoms with Crippen LogP contribution in [0.15, 0.2) is 30.3 Å². The summed E-state index contributed by atoms with van der Waals surface area (Å²) in [5, 5.41) is 5.55. The zero-order chi connectivity index (χ0) is 17.6. The molecular formula is C19H24N6. The molecule has 3 heterocycles. The van der Waals surface area contributed by atoms with Crippen LogP contribution in [0.3, 0.4) is 0 Å². The van der Waals surface area contributed by atoms with E-state index in [0.717, 1.165) is 35.7 Å². The van der Waals surface area contributed by atoms with Crippen molar-refractivity contribution in [3.63, 3.8) is 0 Å². The van der Waals surface area contributed by atoms with Crippen LogP contribution in [0.5, 0.6) is 0 Å². The number of aromatic nitrogens is 4. The van der Waals surface area contributed by atoms with Gasteiger partial charge in [-0.2, -0.15) is 4.98 Å². The highest BCUT2D eigenvalue weighted by atomic mass is 15.4. The summed E-state index contributed by atoms with van der Waals surface area (Å²) in [4.78, 5) is 11.9. The maximum absolute atomic E-state index is 6.47. The molecule has 1 saturated heterocycles. The molecule has 0 bridgehead atoms. The molecule has 25 heavy (non-hydrogen) atoms. The van der Waals surface area contributed by atoms with E-state index in [2.05, 4.69) is 37.8 Å². The summed E-state index contributed by atoms with van der Waals surface area (Å²) in [7, 11) is 0. The molecule has 1 fully saturated rings. The number of anilines is 2. The van der Waals surface area contributed by atoms with E-state index >= 15 is 0 Å². The second-order valence-electron chi connectivity index (χ2n) is 7.60. The second kappa shape index (κ2) is 5.72. The fourth-order valence-electron chi connectivity index (χ4n) is 3.37. The van der Waals surface area contributed by atoms with E-state index in [-0.39, 0.29) is 5.54 Å². The molecule has 0 aliphatic carbocycles. The molecule has 6 heteroatoms. The minimum atomic E-state index is -0.216. The average Bonchev–Trinajstić information content (AvgIpc) is 3.23. The van der Waals surface area contributed by atoms with Crippen LogP contribution >= 0.6 is 0 Å². The number of nitrogens with zero attached hydrogens (tertiary/aromatic N) is 5. The number of rotatable bonds is 2. The Labute approximate surface area is 147 Å². The molecule has 6 nitrogen and oxygen atoms in total. The number of nitrogens with two attached hydrogens (primary N) is 1. The van der Waals surface area contributed by atoms with Crippen LogP contribution in [-0.4, -0.2) is 32.8 Å². The molecule has 2 N–H and O–H groups in total. The first kappa shape index (κ1) is 15.9. The molecule has 4 rings (SSSR count). The predicted octanol–water partition coefficient (Wildman–Crippen LogP) is 3.43. The Morgan fingerprint density at radius 2 is 1.68 bits per heavy atom. The molecule has 1 aliphatic heterocycles. The van der Waals surface area contributed by atoms with Gasteiger partial charge in [0, 0.05) is 18.7 Å². The van der Waals surface area contributed by atoms with Gasteiger partial charge in [-0.25, -0.2) is 9.67 Å². The van der Waals surface area contributed by atoms with Crippen LogP contribution in [0.2, 0.25) is 0 Å². The van der Waals surface area contributed by atoms with Crippen molar-refractivity contribution in [3.05, 3.63) is 30.3 Å². The second-order valence-corrected chi connectivity index (χ2v) is 7.60. The third-order valence-electron chi connectivity index (χ3n) is 4.63. The minimum absolute atomic E-state index is 0.216. The topological polar surface area (TPSA) is 72.9 Å². The summed E-state index contributed by atoms with van der Waals surface area (Å²) in [6.07, 6.45) is 2.36. The van der Waals surface area contributed by atoms with Crippen LogP contribution in [0.25, 0.3) is 22.3 Å². The highest BCUT2D eigenvalue weighted by Gasteiger charge is 2.25. The Hall–Kier alpha value is -2.63. The summed E-state index contributed by atoms with van der Waals surface area (Å²) in [5.41, 5.74) is 8.83. The van der Waals surface area contributed by atoms with Crippen molar-refractivity contribution in [3.8, 4) is 11.3 Å². The predicted molar refractivity (Wildman–Crippen MR) is 102 cm³/mol. The van der Waals surface area contributed by atoms with Gasteiger partial charge in [-0.05, 0) is 33.6 Å². The van der Waals surface area contributed by atoms with E-state index in [1.807, 2.05) is 22.9 Å². The molecule has 3 aromatic rings. The molecule has 1 aliphatic rings. The largest absolute Gasteiger partial charge is 0.383 e. The van der Waals surface area contributed by atoms with Crippen molar-refractivity contribution in [2.24, 2.45) is 0 Å². The Bertz CT molecular complexity index is 901. The lowest BCUT2D eigenvalue weighted by Crippen LogP contribution is -2.24. The van der Waals surface area contributed by atoms with Crippen molar-refractivity contribution >= 4 is 22.8 Å². The molecule has 0 amide bonds. The summed E-state index contributed by atoms with van der Waals surface area (Å²) in [6, 6.07) is 10.2. The van der Waals surface area contributed by atoms with E-state index in [1.54, 1.807) is 0 Å². The normalized spacial score (nSPS) is 15.2. The number of fused-ring (bicyclic) bond motifs is 1. The Kier molecular flexibility index (Phi) is 3.63. The molecule has 0 radical (unpaired) electrons. The zero-order valence-electron chi connectivity index (χ0n) is 15.0. The van der Waals surface area contributed by atoms with Gasteiger partial charge in [-0.15, -0.1) is 5.10 Å². The fraction of sp³-hybridized carbons (Fsp3) is 0.421.